The number of Topliss-reactive ketones (excluding diaryl/α,β-unsaturated/α-hetero) is 1. The van der Waals surface area contributed by atoms with Gasteiger partial charge in [0.2, 0.25) is 0 Å². The maximum absolute atomic E-state index is 13.5. The van der Waals surface area contributed by atoms with Crippen molar-refractivity contribution in [2.75, 3.05) is 0 Å². The molecule has 1 rings (SSSR count). The second-order valence-electron chi connectivity index (χ2n) is 3.70. The fourth-order valence-electron chi connectivity index (χ4n) is 1.80. The molecule has 1 aromatic carbocycles. The second-order valence-corrected chi connectivity index (χ2v) is 3.70. The highest BCUT2D eigenvalue weighted by Gasteiger charge is 2.20. The Labute approximate surface area is 90.3 Å². The molecule has 1 unspecified atom stereocenters. The average Bonchev–Trinajstić information content (AvgIpc) is 2.22. The lowest BCUT2D eigenvalue weighted by Gasteiger charge is -2.14. The smallest absolute Gasteiger partial charge is 0.140 e. The second kappa shape index (κ2) is 5.64. The largest absolute Gasteiger partial charge is 0.299 e. The summed E-state index contributed by atoms with van der Waals surface area (Å²) >= 11 is 0. The molecule has 0 aliphatic carbocycles. The summed E-state index contributed by atoms with van der Waals surface area (Å²) in [5, 5.41) is 0. The molecule has 0 radical (unpaired) electrons. The third kappa shape index (κ3) is 2.88. The Kier molecular flexibility index (Phi) is 4.47. The fourth-order valence-corrected chi connectivity index (χ4v) is 1.80. The van der Waals surface area contributed by atoms with Gasteiger partial charge in [-0.25, -0.2) is 4.39 Å². The van der Waals surface area contributed by atoms with E-state index in [0.717, 1.165) is 6.42 Å². The van der Waals surface area contributed by atoms with Crippen LogP contribution >= 0.6 is 0 Å². The fraction of sp³-hybridized carbons (Fsp3) is 0.462. The van der Waals surface area contributed by atoms with Crippen LogP contribution in [0.4, 0.5) is 4.39 Å². The van der Waals surface area contributed by atoms with Gasteiger partial charge in [0.25, 0.3) is 0 Å². The lowest BCUT2D eigenvalue weighted by atomic mass is 9.90. The zero-order chi connectivity index (χ0) is 11.3. The van der Waals surface area contributed by atoms with Gasteiger partial charge >= 0.3 is 0 Å². The summed E-state index contributed by atoms with van der Waals surface area (Å²) in [7, 11) is 0. The van der Waals surface area contributed by atoms with Gasteiger partial charge in [-0.15, -0.1) is 0 Å². The van der Waals surface area contributed by atoms with Crippen LogP contribution in [0.2, 0.25) is 0 Å². The van der Waals surface area contributed by atoms with E-state index in [-0.39, 0.29) is 17.5 Å². The van der Waals surface area contributed by atoms with Crippen molar-refractivity contribution in [3.63, 3.8) is 0 Å². The Morgan fingerprint density at radius 1 is 1.33 bits per heavy atom. The van der Waals surface area contributed by atoms with Crippen molar-refractivity contribution in [2.45, 2.75) is 39.0 Å². The highest BCUT2D eigenvalue weighted by atomic mass is 19.1. The van der Waals surface area contributed by atoms with E-state index < -0.39 is 0 Å². The summed E-state index contributed by atoms with van der Waals surface area (Å²) in [5.74, 6) is -0.398. The van der Waals surface area contributed by atoms with Gasteiger partial charge in [0.1, 0.15) is 11.6 Å². The molecule has 1 aromatic rings. The number of hydrogen-bond acceptors (Lipinski definition) is 1. The molecule has 0 bridgehead atoms. The highest BCUT2D eigenvalue weighted by molar-refractivity contribution is 5.85. The van der Waals surface area contributed by atoms with Crippen molar-refractivity contribution < 1.29 is 9.18 Å². The topological polar surface area (TPSA) is 17.1 Å². The number of benzene rings is 1. The van der Waals surface area contributed by atoms with Crippen LogP contribution in [0, 0.1) is 5.82 Å². The minimum atomic E-state index is -0.272. The van der Waals surface area contributed by atoms with E-state index in [9.17, 15) is 9.18 Å². The van der Waals surface area contributed by atoms with Crippen molar-refractivity contribution >= 4 is 5.78 Å². The van der Waals surface area contributed by atoms with E-state index in [1.165, 1.54) is 6.07 Å². The molecule has 1 atom stereocenters. The molecule has 1 nitrogen and oxygen atoms in total. The van der Waals surface area contributed by atoms with Crippen LogP contribution in [0.5, 0.6) is 0 Å². The monoisotopic (exact) mass is 208 g/mol. The predicted molar refractivity (Wildman–Crippen MR) is 59.3 cm³/mol. The maximum atomic E-state index is 13.5. The van der Waals surface area contributed by atoms with Gasteiger partial charge in [0.05, 0.1) is 0 Å². The summed E-state index contributed by atoms with van der Waals surface area (Å²) in [5.41, 5.74) is 0.540. The van der Waals surface area contributed by atoms with Gasteiger partial charge in [-0.3, -0.25) is 4.79 Å². The zero-order valence-corrected chi connectivity index (χ0v) is 9.29. The average molecular weight is 208 g/mol. The molecule has 0 saturated heterocycles. The summed E-state index contributed by atoms with van der Waals surface area (Å²) < 4.78 is 13.5. The van der Waals surface area contributed by atoms with Crippen molar-refractivity contribution in [1.82, 2.24) is 0 Å². The zero-order valence-electron chi connectivity index (χ0n) is 9.29. The molecular formula is C13H17FO. The molecular weight excluding hydrogens is 191 g/mol. The molecule has 0 aliphatic rings. The van der Waals surface area contributed by atoms with Gasteiger partial charge in [0.15, 0.2) is 0 Å². The maximum Gasteiger partial charge on any atom is 0.140 e. The molecule has 0 aliphatic heterocycles. The number of ketones is 1. The van der Waals surface area contributed by atoms with Crippen molar-refractivity contribution in [3.05, 3.63) is 35.6 Å². The van der Waals surface area contributed by atoms with Crippen LogP contribution < -0.4 is 0 Å². The Bertz CT molecular complexity index is 333. The number of rotatable bonds is 5. The Morgan fingerprint density at radius 3 is 2.53 bits per heavy atom. The molecule has 2 heteroatoms. The van der Waals surface area contributed by atoms with Crippen molar-refractivity contribution in [1.29, 1.82) is 0 Å². The predicted octanol–water partition coefficient (Wildman–Crippen LogP) is 3.69. The first kappa shape index (κ1) is 11.9. The lowest BCUT2D eigenvalue weighted by Crippen LogP contribution is -2.12. The standard InChI is InChI=1S/C13H17FO/c1-3-7-13(15)10(4-2)11-8-5-6-9-12(11)14/h5-6,8-10H,3-4,7H2,1-2H3. The van der Waals surface area contributed by atoms with Crippen LogP contribution in [0.3, 0.4) is 0 Å². The Hall–Kier alpha value is -1.18. The highest BCUT2D eigenvalue weighted by Crippen LogP contribution is 2.24. The van der Waals surface area contributed by atoms with Crippen molar-refractivity contribution in [3.8, 4) is 0 Å². The first-order valence-electron chi connectivity index (χ1n) is 5.47. The van der Waals surface area contributed by atoms with Gasteiger partial charge < -0.3 is 0 Å². The van der Waals surface area contributed by atoms with Crippen LogP contribution in [0.25, 0.3) is 0 Å². The van der Waals surface area contributed by atoms with E-state index in [1.54, 1.807) is 18.2 Å². The van der Waals surface area contributed by atoms with Gasteiger partial charge in [-0.2, -0.15) is 0 Å². The van der Waals surface area contributed by atoms with Crippen LogP contribution in [0.1, 0.15) is 44.6 Å². The summed E-state index contributed by atoms with van der Waals surface area (Å²) in [6.07, 6.45) is 2.02. The molecule has 0 spiro atoms. The molecule has 0 amide bonds. The summed E-state index contributed by atoms with van der Waals surface area (Å²) in [6.45, 7) is 3.89. The van der Waals surface area contributed by atoms with Crippen molar-refractivity contribution in [2.24, 2.45) is 0 Å². The molecule has 0 saturated carbocycles. The quantitative estimate of drug-likeness (QED) is 0.721. The Morgan fingerprint density at radius 2 is 2.00 bits per heavy atom. The van der Waals surface area contributed by atoms with Gasteiger partial charge in [-0.05, 0) is 24.5 Å². The number of carbonyl (C=O) groups is 1. The third-order valence-electron chi connectivity index (χ3n) is 2.57. The summed E-state index contributed by atoms with van der Waals surface area (Å²) in [6, 6.07) is 6.55. The van der Waals surface area contributed by atoms with E-state index in [4.69, 9.17) is 0 Å². The number of hydrogen-bond donors (Lipinski definition) is 0. The first-order valence-corrected chi connectivity index (χ1v) is 5.47. The molecule has 82 valence electrons. The first-order chi connectivity index (χ1) is 7.20. The molecule has 0 N–H and O–H groups in total. The number of halogens is 1. The minimum Gasteiger partial charge on any atom is -0.299 e. The minimum absolute atomic E-state index is 0.144. The van der Waals surface area contributed by atoms with Gasteiger partial charge in [0, 0.05) is 12.3 Å². The molecule has 0 heterocycles. The summed E-state index contributed by atoms with van der Waals surface area (Å²) in [4.78, 5) is 11.8. The Balaban J connectivity index is 2.92. The van der Waals surface area contributed by atoms with Crippen LogP contribution in [0.15, 0.2) is 24.3 Å². The SMILES string of the molecule is CCCC(=O)C(CC)c1ccccc1F. The van der Waals surface area contributed by atoms with E-state index >= 15 is 0 Å². The van der Waals surface area contributed by atoms with Gasteiger partial charge in [-0.1, -0.05) is 32.0 Å². The molecule has 15 heavy (non-hydrogen) atoms. The van der Waals surface area contributed by atoms with E-state index in [1.807, 2.05) is 13.8 Å². The molecule has 0 aromatic heterocycles. The normalized spacial score (nSPS) is 12.5. The van der Waals surface area contributed by atoms with E-state index in [0.29, 0.717) is 18.4 Å². The number of carbonyl (C=O) groups excluding carboxylic acids is 1. The third-order valence-corrected chi connectivity index (χ3v) is 2.57. The molecule has 0 fully saturated rings. The van der Waals surface area contributed by atoms with E-state index in [2.05, 4.69) is 0 Å². The lowest BCUT2D eigenvalue weighted by molar-refractivity contribution is -0.120. The van der Waals surface area contributed by atoms with Crippen LogP contribution in [-0.2, 0) is 4.79 Å². The van der Waals surface area contributed by atoms with Crippen LogP contribution in [-0.4, -0.2) is 5.78 Å².